The van der Waals surface area contributed by atoms with Gasteiger partial charge in [-0.3, -0.25) is 4.79 Å². The number of amides is 1. The highest BCUT2D eigenvalue weighted by atomic mass is 16.5. The molecule has 1 fully saturated rings. The molecule has 1 aromatic heterocycles. The van der Waals surface area contributed by atoms with Crippen molar-refractivity contribution in [3.8, 4) is 11.5 Å². The molecule has 2 aliphatic heterocycles. The van der Waals surface area contributed by atoms with Crippen molar-refractivity contribution < 1.29 is 19.0 Å². The number of hydrogen-bond acceptors (Lipinski definition) is 7. The Morgan fingerprint density at radius 3 is 2.21 bits per heavy atom. The van der Waals surface area contributed by atoms with E-state index in [1.807, 2.05) is 53.4 Å². The Morgan fingerprint density at radius 2 is 1.58 bits per heavy atom. The Labute approximate surface area is 192 Å². The minimum atomic E-state index is -0.138. The van der Waals surface area contributed by atoms with Gasteiger partial charge >= 0.3 is 0 Å². The summed E-state index contributed by atoms with van der Waals surface area (Å²) in [5, 5.41) is 8.47. The maximum atomic E-state index is 13.2. The van der Waals surface area contributed by atoms with E-state index in [-0.39, 0.29) is 12.0 Å². The van der Waals surface area contributed by atoms with Gasteiger partial charge in [0.15, 0.2) is 5.69 Å². The molecule has 3 heterocycles. The molecule has 2 aromatic carbocycles. The number of piperazine rings is 1. The summed E-state index contributed by atoms with van der Waals surface area (Å²) in [4.78, 5) is 17.3. The summed E-state index contributed by atoms with van der Waals surface area (Å²) in [6, 6.07) is 15.8. The third-order valence-corrected chi connectivity index (χ3v) is 6.29. The van der Waals surface area contributed by atoms with Crippen LogP contribution in [0.4, 0.5) is 5.69 Å². The zero-order chi connectivity index (χ0) is 22.8. The van der Waals surface area contributed by atoms with Gasteiger partial charge in [0, 0.05) is 31.9 Å². The van der Waals surface area contributed by atoms with E-state index >= 15 is 0 Å². The second kappa shape index (κ2) is 9.11. The molecule has 0 radical (unpaired) electrons. The van der Waals surface area contributed by atoms with E-state index in [9.17, 15) is 4.79 Å². The van der Waals surface area contributed by atoms with E-state index in [0.717, 1.165) is 41.5 Å². The highest BCUT2D eigenvalue weighted by Crippen LogP contribution is 2.29. The Kier molecular flexibility index (Phi) is 5.87. The molecule has 1 atom stereocenters. The molecule has 1 amide bonds. The Morgan fingerprint density at radius 1 is 0.939 bits per heavy atom. The van der Waals surface area contributed by atoms with Crippen LogP contribution in [0.25, 0.3) is 0 Å². The molecule has 9 heteroatoms. The monoisotopic (exact) mass is 449 g/mol. The molecule has 1 saturated heterocycles. The molecule has 0 spiro atoms. The van der Waals surface area contributed by atoms with Gasteiger partial charge in [-0.05, 0) is 42.0 Å². The number of carbonyl (C=O) groups is 1. The number of benzene rings is 2. The largest absolute Gasteiger partial charge is 0.497 e. The molecular formula is C24H27N5O4. The molecule has 172 valence electrons. The quantitative estimate of drug-likeness (QED) is 0.592. The average Bonchev–Trinajstić information content (AvgIpc) is 3.32. The molecular weight excluding hydrogens is 422 g/mol. The van der Waals surface area contributed by atoms with Crippen LogP contribution in [0.5, 0.6) is 11.5 Å². The number of hydrogen-bond donors (Lipinski definition) is 0. The highest BCUT2D eigenvalue weighted by Gasteiger charge is 2.31. The van der Waals surface area contributed by atoms with E-state index in [1.165, 1.54) is 0 Å². The van der Waals surface area contributed by atoms with Gasteiger partial charge < -0.3 is 24.0 Å². The third-order valence-electron chi connectivity index (χ3n) is 6.29. The van der Waals surface area contributed by atoms with Crippen LogP contribution in [0, 0.1) is 0 Å². The van der Waals surface area contributed by atoms with Crippen molar-refractivity contribution in [1.29, 1.82) is 0 Å². The topological polar surface area (TPSA) is 82.0 Å². The van der Waals surface area contributed by atoms with Crippen LogP contribution in [0.1, 0.15) is 27.8 Å². The summed E-state index contributed by atoms with van der Waals surface area (Å²) in [6.07, 6.45) is -0.138. The number of carbonyl (C=O) groups excluding carboxylic acids is 1. The standard InChI is InChI=1S/C24H27N5O4/c1-31-19-7-3-17(4-8-19)22-15-29-21(16-33-22)23(25-26-29)24(30)28-13-11-27(12-14-28)18-5-9-20(32-2)10-6-18/h3-10,22H,11-16H2,1-2H3. The first-order valence-corrected chi connectivity index (χ1v) is 11.0. The summed E-state index contributed by atoms with van der Waals surface area (Å²) < 4.78 is 18.3. The van der Waals surface area contributed by atoms with Crippen molar-refractivity contribution in [1.82, 2.24) is 19.9 Å². The highest BCUT2D eigenvalue weighted by molar-refractivity contribution is 5.93. The van der Waals surface area contributed by atoms with E-state index < -0.39 is 0 Å². The molecule has 0 saturated carbocycles. The van der Waals surface area contributed by atoms with Crippen LogP contribution in [-0.2, 0) is 17.9 Å². The van der Waals surface area contributed by atoms with Crippen molar-refractivity contribution in [3.63, 3.8) is 0 Å². The maximum Gasteiger partial charge on any atom is 0.276 e. The molecule has 5 rings (SSSR count). The van der Waals surface area contributed by atoms with Crippen molar-refractivity contribution in [2.45, 2.75) is 19.3 Å². The van der Waals surface area contributed by atoms with Crippen molar-refractivity contribution in [2.24, 2.45) is 0 Å². The molecule has 0 bridgehead atoms. The number of methoxy groups -OCH3 is 2. The fourth-order valence-electron chi connectivity index (χ4n) is 4.31. The van der Waals surface area contributed by atoms with Gasteiger partial charge in [0.1, 0.15) is 17.6 Å². The lowest BCUT2D eigenvalue weighted by Crippen LogP contribution is -2.49. The normalized spacial score (nSPS) is 18.1. The van der Waals surface area contributed by atoms with E-state index in [0.29, 0.717) is 31.9 Å². The Hall–Kier alpha value is -3.59. The van der Waals surface area contributed by atoms with Crippen LogP contribution in [0.3, 0.4) is 0 Å². The number of ether oxygens (including phenoxy) is 3. The third kappa shape index (κ3) is 4.23. The van der Waals surface area contributed by atoms with Gasteiger partial charge in [0.2, 0.25) is 0 Å². The summed E-state index contributed by atoms with van der Waals surface area (Å²) in [5.74, 6) is 1.55. The van der Waals surface area contributed by atoms with Crippen LogP contribution in [0.2, 0.25) is 0 Å². The minimum Gasteiger partial charge on any atom is -0.497 e. The molecule has 1 unspecified atom stereocenters. The smallest absolute Gasteiger partial charge is 0.276 e. The zero-order valence-corrected chi connectivity index (χ0v) is 18.8. The molecule has 3 aromatic rings. The first kappa shape index (κ1) is 21.3. The van der Waals surface area contributed by atoms with E-state index in [4.69, 9.17) is 14.2 Å². The van der Waals surface area contributed by atoms with Crippen molar-refractivity contribution >= 4 is 11.6 Å². The summed E-state index contributed by atoms with van der Waals surface area (Å²) in [5.41, 5.74) is 3.30. The maximum absolute atomic E-state index is 13.2. The lowest BCUT2D eigenvalue weighted by molar-refractivity contribution is -0.00198. The molecule has 0 aliphatic carbocycles. The number of rotatable bonds is 5. The number of nitrogens with zero attached hydrogens (tertiary/aromatic N) is 5. The second-order valence-corrected chi connectivity index (χ2v) is 8.12. The molecule has 2 aliphatic rings. The van der Waals surface area contributed by atoms with Gasteiger partial charge in [-0.15, -0.1) is 5.10 Å². The van der Waals surface area contributed by atoms with Gasteiger partial charge in [-0.1, -0.05) is 17.3 Å². The van der Waals surface area contributed by atoms with Gasteiger partial charge in [0.25, 0.3) is 5.91 Å². The van der Waals surface area contributed by atoms with Gasteiger partial charge in [-0.25, -0.2) is 4.68 Å². The van der Waals surface area contributed by atoms with Gasteiger partial charge in [-0.2, -0.15) is 0 Å². The fraction of sp³-hybridized carbons (Fsp3) is 0.375. The van der Waals surface area contributed by atoms with E-state index in [2.05, 4.69) is 15.2 Å². The number of anilines is 1. The summed E-state index contributed by atoms with van der Waals surface area (Å²) in [6.45, 7) is 3.61. The molecule has 0 N–H and O–H groups in total. The first-order valence-electron chi connectivity index (χ1n) is 11.0. The average molecular weight is 450 g/mol. The lowest BCUT2D eigenvalue weighted by Gasteiger charge is -2.36. The van der Waals surface area contributed by atoms with Crippen LogP contribution < -0.4 is 14.4 Å². The molecule has 9 nitrogen and oxygen atoms in total. The second-order valence-electron chi connectivity index (χ2n) is 8.12. The van der Waals surface area contributed by atoms with Crippen LogP contribution in [-0.4, -0.2) is 66.2 Å². The lowest BCUT2D eigenvalue weighted by atomic mass is 10.1. The Balaban J connectivity index is 1.22. The first-order chi connectivity index (χ1) is 16.2. The SMILES string of the molecule is COc1ccc(C2Cn3nnc(C(=O)N4CCN(c5ccc(OC)cc5)CC4)c3CO2)cc1. The summed E-state index contributed by atoms with van der Waals surface area (Å²) in [7, 11) is 3.30. The van der Waals surface area contributed by atoms with E-state index in [1.54, 1.807) is 18.9 Å². The van der Waals surface area contributed by atoms with Crippen molar-refractivity contribution in [2.75, 3.05) is 45.3 Å². The predicted molar refractivity (Wildman–Crippen MR) is 122 cm³/mol. The fourth-order valence-corrected chi connectivity index (χ4v) is 4.31. The Bertz CT molecular complexity index is 1100. The van der Waals surface area contributed by atoms with Crippen LogP contribution >= 0.6 is 0 Å². The predicted octanol–water partition coefficient (Wildman–Crippen LogP) is 2.53. The van der Waals surface area contributed by atoms with Crippen LogP contribution in [0.15, 0.2) is 48.5 Å². The number of aromatic nitrogens is 3. The zero-order valence-electron chi connectivity index (χ0n) is 18.8. The molecule has 33 heavy (non-hydrogen) atoms. The number of fused-ring (bicyclic) bond motifs is 1. The van der Waals surface area contributed by atoms with Gasteiger partial charge in [0.05, 0.1) is 33.1 Å². The minimum absolute atomic E-state index is 0.0860. The van der Waals surface area contributed by atoms with Crippen molar-refractivity contribution in [3.05, 3.63) is 65.5 Å². The summed E-state index contributed by atoms with van der Waals surface area (Å²) >= 11 is 0.